The molecule has 116 valence electrons. The number of hydrogen-bond donors (Lipinski definition) is 2. The Morgan fingerprint density at radius 1 is 1.48 bits per heavy atom. The Labute approximate surface area is 126 Å². The Morgan fingerprint density at radius 2 is 2.29 bits per heavy atom. The molecule has 21 heavy (non-hydrogen) atoms. The van der Waals surface area contributed by atoms with Crippen LogP contribution in [0.2, 0.25) is 0 Å². The molecule has 0 radical (unpaired) electrons. The highest BCUT2D eigenvalue weighted by Gasteiger charge is 2.28. The second-order valence-corrected chi connectivity index (χ2v) is 5.40. The number of carbonyl (C=O) groups excluding carboxylic acids is 1. The van der Waals surface area contributed by atoms with Gasteiger partial charge in [0.1, 0.15) is 5.75 Å². The first-order valence-electron chi connectivity index (χ1n) is 7.62. The zero-order chi connectivity index (χ0) is 15.2. The summed E-state index contributed by atoms with van der Waals surface area (Å²) in [5.41, 5.74) is 7.67. The molecule has 1 aromatic carbocycles. The SMILES string of the molecule is CCOc1ccc(N)cc1CN1CCCCC1C(=O)NC. The predicted octanol–water partition coefficient (Wildman–Crippen LogP) is 1.77. The van der Waals surface area contributed by atoms with Crippen molar-refractivity contribution in [3.8, 4) is 5.75 Å². The molecule has 1 aliphatic rings. The van der Waals surface area contributed by atoms with Gasteiger partial charge in [-0.2, -0.15) is 0 Å². The van der Waals surface area contributed by atoms with Gasteiger partial charge in [0, 0.05) is 24.8 Å². The normalized spacial score (nSPS) is 19.2. The standard InChI is InChI=1S/C16H25N3O2/c1-3-21-15-8-7-13(17)10-12(15)11-19-9-5-4-6-14(19)16(20)18-2/h7-8,10,14H,3-6,9,11,17H2,1-2H3,(H,18,20). The summed E-state index contributed by atoms with van der Waals surface area (Å²) in [4.78, 5) is 14.3. The molecule has 2 rings (SSSR count). The summed E-state index contributed by atoms with van der Waals surface area (Å²) in [6.07, 6.45) is 3.13. The second-order valence-electron chi connectivity index (χ2n) is 5.40. The Balaban J connectivity index is 2.18. The maximum absolute atomic E-state index is 12.0. The lowest BCUT2D eigenvalue weighted by Crippen LogP contribution is -2.48. The minimum absolute atomic E-state index is 0.0559. The first-order chi connectivity index (χ1) is 10.2. The average molecular weight is 291 g/mol. The molecule has 1 aromatic rings. The van der Waals surface area contributed by atoms with Gasteiger partial charge in [-0.15, -0.1) is 0 Å². The van der Waals surface area contributed by atoms with E-state index in [-0.39, 0.29) is 11.9 Å². The van der Waals surface area contributed by atoms with Crippen molar-refractivity contribution in [1.29, 1.82) is 0 Å². The first-order valence-corrected chi connectivity index (χ1v) is 7.62. The Kier molecular flexibility index (Phi) is 5.44. The smallest absolute Gasteiger partial charge is 0.237 e. The van der Waals surface area contributed by atoms with Gasteiger partial charge in [0.2, 0.25) is 5.91 Å². The number of amides is 1. The van der Waals surface area contributed by atoms with Crippen LogP contribution in [0.15, 0.2) is 18.2 Å². The van der Waals surface area contributed by atoms with Crippen LogP contribution in [0.25, 0.3) is 0 Å². The van der Waals surface area contributed by atoms with Crippen LogP contribution >= 0.6 is 0 Å². The molecule has 0 aliphatic carbocycles. The average Bonchev–Trinajstić information content (AvgIpc) is 2.50. The zero-order valence-electron chi connectivity index (χ0n) is 12.9. The van der Waals surface area contributed by atoms with Crippen LogP contribution < -0.4 is 15.8 Å². The molecule has 1 heterocycles. The van der Waals surface area contributed by atoms with Crippen LogP contribution in [0.4, 0.5) is 5.69 Å². The van der Waals surface area contributed by atoms with Crippen molar-refractivity contribution in [1.82, 2.24) is 10.2 Å². The molecule has 1 aliphatic heterocycles. The minimum Gasteiger partial charge on any atom is -0.494 e. The third kappa shape index (κ3) is 3.88. The number of nitrogens with one attached hydrogen (secondary N) is 1. The highest BCUT2D eigenvalue weighted by Crippen LogP contribution is 2.26. The highest BCUT2D eigenvalue weighted by molar-refractivity contribution is 5.81. The maximum atomic E-state index is 12.0. The van der Waals surface area contributed by atoms with E-state index in [9.17, 15) is 4.79 Å². The third-order valence-corrected chi connectivity index (χ3v) is 3.92. The summed E-state index contributed by atoms with van der Waals surface area (Å²) in [5, 5.41) is 2.77. The number of rotatable bonds is 5. The van der Waals surface area contributed by atoms with Crippen molar-refractivity contribution in [2.45, 2.75) is 38.8 Å². The lowest BCUT2D eigenvalue weighted by atomic mass is 10.00. The number of nitrogens with zero attached hydrogens (tertiary/aromatic N) is 1. The van der Waals surface area contributed by atoms with Crippen LogP contribution in [-0.2, 0) is 11.3 Å². The van der Waals surface area contributed by atoms with Gasteiger partial charge in [-0.1, -0.05) is 6.42 Å². The summed E-state index contributed by atoms with van der Waals surface area (Å²) in [6.45, 7) is 4.21. The van der Waals surface area contributed by atoms with E-state index in [0.717, 1.165) is 42.8 Å². The van der Waals surface area contributed by atoms with Crippen molar-refractivity contribution in [3.63, 3.8) is 0 Å². The van der Waals surface area contributed by atoms with E-state index in [1.165, 1.54) is 0 Å². The van der Waals surface area contributed by atoms with E-state index in [4.69, 9.17) is 10.5 Å². The molecule has 1 fully saturated rings. The fourth-order valence-electron chi connectivity index (χ4n) is 2.88. The predicted molar refractivity (Wildman–Crippen MR) is 84.1 cm³/mol. The van der Waals surface area contributed by atoms with E-state index in [1.54, 1.807) is 7.05 Å². The van der Waals surface area contributed by atoms with Gasteiger partial charge in [0.15, 0.2) is 0 Å². The minimum atomic E-state index is -0.0559. The van der Waals surface area contributed by atoms with E-state index in [1.807, 2.05) is 25.1 Å². The number of carbonyl (C=O) groups is 1. The van der Waals surface area contributed by atoms with Crippen molar-refractivity contribution in [3.05, 3.63) is 23.8 Å². The number of hydrogen-bond acceptors (Lipinski definition) is 4. The third-order valence-electron chi connectivity index (χ3n) is 3.92. The number of anilines is 1. The van der Waals surface area contributed by atoms with Crippen molar-refractivity contribution >= 4 is 11.6 Å². The molecule has 0 saturated carbocycles. The van der Waals surface area contributed by atoms with Gasteiger partial charge in [-0.3, -0.25) is 9.69 Å². The van der Waals surface area contributed by atoms with E-state index in [2.05, 4.69) is 10.2 Å². The number of piperidine rings is 1. The summed E-state index contributed by atoms with van der Waals surface area (Å²) < 4.78 is 5.67. The molecule has 0 bridgehead atoms. The Bertz CT molecular complexity index is 490. The Morgan fingerprint density at radius 3 is 3.00 bits per heavy atom. The molecule has 1 amide bonds. The molecule has 0 spiro atoms. The number of likely N-dealkylation sites (tertiary alicyclic amines) is 1. The fraction of sp³-hybridized carbons (Fsp3) is 0.562. The number of likely N-dealkylation sites (N-methyl/N-ethyl adjacent to an activating group) is 1. The van der Waals surface area contributed by atoms with Crippen molar-refractivity contribution in [2.24, 2.45) is 0 Å². The van der Waals surface area contributed by atoms with E-state index in [0.29, 0.717) is 13.2 Å². The summed E-state index contributed by atoms with van der Waals surface area (Å²) in [5.74, 6) is 0.949. The molecule has 5 nitrogen and oxygen atoms in total. The van der Waals surface area contributed by atoms with Gasteiger partial charge < -0.3 is 15.8 Å². The number of benzene rings is 1. The molecule has 1 unspecified atom stereocenters. The summed E-state index contributed by atoms with van der Waals surface area (Å²) >= 11 is 0. The van der Waals surface area contributed by atoms with Crippen LogP contribution in [0.3, 0.4) is 0 Å². The molecule has 0 aromatic heterocycles. The number of nitrogens with two attached hydrogens (primary N) is 1. The summed E-state index contributed by atoms with van der Waals surface area (Å²) in [6, 6.07) is 5.65. The van der Waals surface area contributed by atoms with Crippen LogP contribution in [0, 0.1) is 0 Å². The molecular formula is C16H25N3O2. The van der Waals surface area contributed by atoms with Crippen molar-refractivity contribution < 1.29 is 9.53 Å². The van der Waals surface area contributed by atoms with Crippen LogP contribution in [0.1, 0.15) is 31.7 Å². The van der Waals surface area contributed by atoms with Gasteiger partial charge in [-0.25, -0.2) is 0 Å². The first kappa shape index (κ1) is 15.6. The lowest BCUT2D eigenvalue weighted by molar-refractivity contribution is -0.127. The van der Waals surface area contributed by atoms with E-state index < -0.39 is 0 Å². The monoisotopic (exact) mass is 291 g/mol. The van der Waals surface area contributed by atoms with Gasteiger partial charge in [0.25, 0.3) is 0 Å². The van der Waals surface area contributed by atoms with Gasteiger partial charge in [0.05, 0.1) is 12.6 Å². The zero-order valence-corrected chi connectivity index (χ0v) is 12.9. The number of ether oxygens (including phenoxy) is 1. The van der Waals surface area contributed by atoms with Gasteiger partial charge >= 0.3 is 0 Å². The molecule has 1 atom stereocenters. The van der Waals surface area contributed by atoms with Crippen molar-refractivity contribution in [2.75, 3.05) is 25.9 Å². The molecule has 3 N–H and O–H groups in total. The van der Waals surface area contributed by atoms with Gasteiger partial charge in [-0.05, 0) is 44.5 Å². The highest BCUT2D eigenvalue weighted by atomic mass is 16.5. The topological polar surface area (TPSA) is 67.6 Å². The molecule has 5 heteroatoms. The maximum Gasteiger partial charge on any atom is 0.237 e. The summed E-state index contributed by atoms with van der Waals surface area (Å²) in [7, 11) is 1.70. The largest absolute Gasteiger partial charge is 0.494 e. The van der Waals surface area contributed by atoms with Crippen LogP contribution in [0.5, 0.6) is 5.75 Å². The van der Waals surface area contributed by atoms with Crippen LogP contribution in [-0.4, -0.2) is 37.0 Å². The molecular weight excluding hydrogens is 266 g/mol. The number of nitrogen functional groups attached to an aromatic ring is 1. The molecule has 1 saturated heterocycles. The second kappa shape index (κ2) is 7.31. The Hall–Kier alpha value is -1.75. The van der Waals surface area contributed by atoms with E-state index >= 15 is 0 Å². The lowest BCUT2D eigenvalue weighted by Gasteiger charge is -2.34. The fourth-order valence-corrected chi connectivity index (χ4v) is 2.88. The quantitative estimate of drug-likeness (QED) is 0.811.